The molecule has 2 aliphatic heterocycles. The van der Waals surface area contributed by atoms with Crippen LogP contribution in [-0.2, 0) is 29.2 Å². The van der Waals surface area contributed by atoms with Crippen LogP contribution in [0.25, 0.3) is 0 Å². The van der Waals surface area contributed by atoms with Crippen molar-refractivity contribution in [2.75, 3.05) is 0 Å². The van der Waals surface area contributed by atoms with Gasteiger partial charge in [0.05, 0.1) is 29.4 Å². The molecule has 3 heterocycles. The van der Waals surface area contributed by atoms with Gasteiger partial charge in [-0.25, -0.2) is 4.98 Å². The van der Waals surface area contributed by atoms with E-state index < -0.39 is 35.1 Å². The standard InChI is InChI=1S/C25H24F6N4O.ClH/c1-14-32-22(35-34-14)19-12-23(16-5-3-2-4-6-16)21(8-7-20(19)33-23)36-13-15-9-17(24(26,27)28)11-18(10-15)25(29,30)31;/h2-6,9-11,19-21,33H,7-8,12-13H2,1H3,(H,32,34,35);1H/t19-,20+,21-,23-;/m1./s1. The highest BCUT2D eigenvalue weighted by molar-refractivity contribution is 5.85. The van der Waals surface area contributed by atoms with Gasteiger partial charge in [-0.15, -0.1) is 12.4 Å². The monoisotopic (exact) mass is 546 g/mol. The van der Waals surface area contributed by atoms with Crippen LogP contribution in [0.15, 0.2) is 48.5 Å². The number of ether oxygens (including phenoxy) is 1. The number of aromatic amines is 1. The molecule has 0 unspecified atom stereocenters. The Bertz CT molecular complexity index is 1200. The predicted molar refractivity (Wildman–Crippen MR) is 125 cm³/mol. The molecule has 12 heteroatoms. The number of nitrogens with one attached hydrogen (secondary N) is 2. The molecule has 5 nitrogen and oxygen atoms in total. The zero-order chi connectivity index (χ0) is 25.7. The van der Waals surface area contributed by atoms with Gasteiger partial charge >= 0.3 is 12.4 Å². The molecule has 2 aliphatic rings. The van der Waals surface area contributed by atoms with E-state index in [2.05, 4.69) is 20.5 Å². The first-order valence-electron chi connectivity index (χ1n) is 11.6. The smallest absolute Gasteiger partial charge is 0.371 e. The van der Waals surface area contributed by atoms with Gasteiger partial charge in [-0.3, -0.25) is 5.10 Å². The minimum absolute atomic E-state index is 0. The molecule has 0 saturated carbocycles. The van der Waals surface area contributed by atoms with E-state index in [0.717, 1.165) is 23.5 Å². The molecule has 37 heavy (non-hydrogen) atoms. The molecule has 3 aromatic rings. The molecule has 2 aromatic carbocycles. The van der Waals surface area contributed by atoms with Crippen LogP contribution in [0, 0.1) is 6.92 Å². The van der Waals surface area contributed by atoms with E-state index in [-0.39, 0.29) is 42.6 Å². The largest absolute Gasteiger partial charge is 0.416 e. The van der Waals surface area contributed by atoms with Gasteiger partial charge in [0.15, 0.2) is 0 Å². The Morgan fingerprint density at radius 2 is 1.62 bits per heavy atom. The van der Waals surface area contributed by atoms with Gasteiger partial charge in [-0.2, -0.15) is 31.4 Å². The molecule has 0 aliphatic carbocycles. The number of nitrogens with zero attached hydrogens (tertiary/aromatic N) is 2. The molecule has 200 valence electrons. The van der Waals surface area contributed by atoms with Crippen LogP contribution in [0.5, 0.6) is 0 Å². The highest BCUT2D eigenvalue weighted by Crippen LogP contribution is 2.50. The average molecular weight is 547 g/mol. The Labute approximate surface area is 215 Å². The SMILES string of the molecule is Cc1n[nH]c([C@@H]2C[C@]3(c4ccccc4)N[C@H]2CC[C@H]3OCc2cc(C(F)(F)F)cc(C(F)(F)F)c2)n1.Cl. The van der Waals surface area contributed by atoms with E-state index >= 15 is 0 Å². The van der Waals surface area contributed by atoms with Gasteiger partial charge in [0.25, 0.3) is 0 Å². The third-order valence-corrected chi connectivity index (χ3v) is 7.11. The molecule has 0 amide bonds. The Hall–Kier alpha value is -2.63. The molecule has 0 spiro atoms. The van der Waals surface area contributed by atoms with Gasteiger partial charge in [0, 0.05) is 12.0 Å². The Kier molecular flexibility index (Phi) is 7.35. The zero-order valence-corrected chi connectivity index (χ0v) is 20.5. The van der Waals surface area contributed by atoms with Crippen LogP contribution < -0.4 is 5.32 Å². The quantitative estimate of drug-likeness (QED) is 0.369. The summed E-state index contributed by atoms with van der Waals surface area (Å²) in [5, 5.41) is 10.8. The number of rotatable bonds is 5. The summed E-state index contributed by atoms with van der Waals surface area (Å²) in [5.74, 6) is 1.37. The predicted octanol–water partition coefficient (Wildman–Crippen LogP) is 6.29. The van der Waals surface area contributed by atoms with Gasteiger partial charge < -0.3 is 10.1 Å². The van der Waals surface area contributed by atoms with Crippen LogP contribution in [0.3, 0.4) is 0 Å². The highest BCUT2D eigenvalue weighted by atomic mass is 35.5. The third kappa shape index (κ3) is 5.35. The van der Waals surface area contributed by atoms with E-state index in [1.54, 1.807) is 6.92 Å². The number of hydrogen-bond acceptors (Lipinski definition) is 4. The third-order valence-electron chi connectivity index (χ3n) is 7.11. The van der Waals surface area contributed by atoms with Crippen molar-refractivity contribution in [1.29, 1.82) is 0 Å². The number of alkyl halides is 6. The summed E-state index contributed by atoms with van der Waals surface area (Å²) in [7, 11) is 0. The van der Waals surface area contributed by atoms with Crippen LogP contribution >= 0.6 is 12.4 Å². The first kappa shape index (κ1) is 27.4. The zero-order valence-electron chi connectivity index (χ0n) is 19.7. The van der Waals surface area contributed by atoms with Crippen LogP contribution in [-0.4, -0.2) is 27.3 Å². The Morgan fingerprint density at radius 3 is 2.19 bits per heavy atom. The minimum Gasteiger partial charge on any atom is -0.371 e. The maximum absolute atomic E-state index is 13.3. The highest BCUT2D eigenvalue weighted by Gasteiger charge is 2.55. The molecule has 2 saturated heterocycles. The van der Waals surface area contributed by atoms with Crippen molar-refractivity contribution in [3.05, 3.63) is 82.4 Å². The molecule has 0 radical (unpaired) electrons. The van der Waals surface area contributed by atoms with Crippen LogP contribution in [0.4, 0.5) is 26.3 Å². The van der Waals surface area contributed by atoms with E-state index in [1.165, 1.54) is 0 Å². The summed E-state index contributed by atoms with van der Waals surface area (Å²) in [6, 6.07) is 11.2. The second-order valence-electron chi connectivity index (χ2n) is 9.46. The maximum atomic E-state index is 13.3. The van der Waals surface area contributed by atoms with E-state index in [0.29, 0.717) is 25.1 Å². The molecule has 5 rings (SSSR count). The lowest BCUT2D eigenvalue weighted by atomic mass is 9.80. The number of halogens is 7. The van der Waals surface area contributed by atoms with Crippen molar-refractivity contribution in [3.8, 4) is 0 Å². The van der Waals surface area contributed by atoms with Crippen LogP contribution in [0.2, 0.25) is 0 Å². The van der Waals surface area contributed by atoms with E-state index in [1.807, 2.05) is 30.3 Å². The van der Waals surface area contributed by atoms with Gasteiger partial charge in [0.2, 0.25) is 0 Å². The molecule has 4 atom stereocenters. The second-order valence-corrected chi connectivity index (χ2v) is 9.46. The summed E-state index contributed by atoms with van der Waals surface area (Å²) in [4.78, 5) is 4.50. The lowest BCUT2D eigenvalue weighted by Crippen LogP contribution is -2.54. The number of aromatic nitrogens is 3. The Balaban J connectivity index is 0.00000320. The lowest BCUT2D eigenvalue weighted by Gasteiger charge is -2.42. The molecular formula is C25H25ClF6N4O. The molecule has 2 bridgehead atoms. The van der Waals surface area contributed by atoms with Crippen molar-refractivity contribution in [2.45, 2.75) is 68.7 Å². The molecule has 2 fully saturated rings. The normalized spacial score (nSPS) is 25.6. The number of fused-ring (bicyclic) bond motifs is 2. The number of piperidine rings is 1. The fraction of sp³-hybridized carbons (Fsp3) is 0.440. The maximum Gasteiger partial charge on any atom is 0.416 e. The topological polar surface area (TPSA) is 62.8 Å². The van der Waals surface area contributed by atoms with Crippen molar-refractivity contribution in [3.63, 3.8) is 0 Å². The fourth-order valence-corrected chi connectivity index (χ4v) is 5.52. The first-order valence-corrected chi connectivity index (χ1v) is 11.6. The molecule has 2 N–H and O–H groups in total. The molecule has 1 aromatic heterocycles. The first-order chi connectivity index (χ1) is 17.0. The fourth-order valence-electron chi connectivity index (χ4n) is 5.52. The van der Waals surface area contributed by atoms with Gasteiger partial charge in [-0.1, -0.05) is 30.3 Å². The van der Waals surface area contributed by atoms with E-state index in [9.17, 15) is 26.3 Å². The number of hydrogen-bond donors (Lipinski definition) is 2. The lowest BCUT2D eigenvalue weighted by molar-refractivity contribution is -0.143. The minimum atomic E-state index is -4.91. The molecular weight excluding hydrogens is 522 g/mol. The van der Waals surface area contributed by atoms with Gasteiger partial charge in [0.1, 0.15) is 11.6 Å². The van der Waals surface area contributed by atoms with Crippen LogP contribution in [0.1, 0.15) is 59.1 Å². The summed E-state index contributed by atoms with van der Waals surface area (Å²) >= 11 is 0. The summed E-state index contributed by atoms with van der Waals surface area (Å²) < 4.78 is 86.0. The summed E-state index contributed by atoms with van der Waals surface area (Å²) in [5.41, 5.74) is -2.61. The number of H-pyrrole nitrogens is 1. The second kappa shape index (κ2) is 9.92. The summed E-state index contributed by atoms with van der Waals surface area (Å²) in [6.45, 7) is 1.41. The Morgan fingerprint density at radius 1 is 0.973 bits per heavy atom. The average Bonchev–Trinajstić information content (AvgIpc) is 3.39. The van der Waals surface area contributed by atoms with Crippen molar-refractivity contribution >= 4 is 12.4 Å². The number of aryl methyl sites for hydroxylation is 1. The van der Waals surface area contributed by atoms with Crippen molar-refractivity contribution < 1.29 is 31.1 Å². The van der Waals surface area contributed by atoms with Crippen molar-refractivity contribution in [1.82, 2.24) is 20.5 Å². The number of benzene rings is 2. The van der Waals surface area contributed by atoms with Gasteiger partial charge in [-0.05, 0) is 55.5 Å². The van der Waals surface area contributed by atoms with Crippen molar-refractivity contribution in [2.24, 2.45) is 0 Å². The summed E-state index contributed by atoms with van der Waals surface area (Å²) in [6.07, 6.45) is -8.41. The van der Waals surface area contributed by atoms with E-state index in [4.69, 9.17) is 4.74 Å².